The Morgan fingerprint density at radius 1 is 0.424 bits per heavy atom. The molecule has 0 N–H and O–H groups in total. The number of hydrogen-bond donors (Lipinski definition) is 0. The van der Waals surface area contributed by atoms with Crippen LogP contribution in [0.3, 0.4) is 0 Å². The fourth-order valence-corrected chi connectivity index (χ4v) is 9.36. The third kappa shape index (κ3) is 8.51. The van der Waals surface area contributed by atoms with Crippen LogP contribution in [0, 0.1) is 5.41 Å². The first-order valence-corrected chi connectivity index (χ1v) is 22.8. The van der Waals surface area contributed by atoms with Gasteiger partial charge in [-0.1, -0.05) is 182 Å². The zero-order chi connectivity index (χ0) is 44.1. The number of hydrogen-bond acceptors (Lipinski definition) is 3. The van der Waals surface area contributed by atoms with Gasteiger partial charge in [0.05, 0.1) is 6.04 Å². The van der Waals surface area contributed by atoms with Crippen LogP contribution in [0.15, 0.2) is 267 Å². The van der Waals surface area contributed by atoms with E-state index in [4.69, 9.17) is 0 Å². The molecule has 7 bridgehead atoms. The molecule has 8 aromatic carbocycles. The van der Waals surface area contributed by atoms with E-state index in [1.165, 1.54) is 16.7 Å². The molecule has 15 rings (SSSR count). The van der Waals surface area contributed by atoms with Crippen molar-refractivity contribution in [3.05, 3.63) is 283 Å². The van der Waals surface area contributed by atoms with Gasteiger partial charge in [-0.25, -0.2) is 0 Å². The average molecular weight is 848 g/mol. The molecule has 0 fully saturated rings. The molecule has 316 valence electrons. The Morgan fingerprint density at radius 3 is 1.52 bits per heavy atom. The van der Waals surface area contributed by atoms with E-state index in [0.717, 1.165) is 68.6 Å². The van der Waals surface area contributed by atoms with Crippen LogP contribution in [0.1, 0.15) is 23.1 Å². The van der Waals surface area contributed by atoms with Crippen LogP contribution < -0.4 is 14.7 Å². The monoisotopic (exact) mass is 847 g/mol. The van der Waals surface area contributed by atoms with E-state index in [1.807, 2.05) is 6.07 Å². The summed E-state index contributed by atoms with van der Waals surface area (Å²) in [6.07, 6.45) is 26.1. The van der Waals surface area contributed by atoms with Gasteiger partial charge >= 0.3 is 0 Å². The van der Waals surface area contributed by atoms with Crippen LogP contribution in [0.2, 0.25) is 0 Å². The third-order valence-corrected chi connectivity index (χ3v) is 12.8. The number of rotatable bonds is 8. The van der Waals surface area contributed by atoms with Gasteiger partial charge in [-0.3, -0.25) is 0 Å². The van der Waals surface area contributed by atoms with Crippen molar-refractivity contribution in [2.45, 2.75) is 12.5 Å². The molecule has 66 heavy (non-hydrogen) atoms. The predicted molar refractivity (Wildman–Crippen MR) is 281 cm³/mol. The molecular formula is C63H49N3. The van der Waals surface area contributed by atoms with Gasteiger partial charge in [0.25, 0.3) is 0 Å². The molecule has 1 spiro atoms. The van der Waals surface area contributed by atoms with Crippen LogP contribution in [0.25, 0.3) is 29.4 Å². The molecule has 5 aliphatic heterocycles. The summed E-state index contributed by atoms with van der Waals surface area (Å²) in [5, 5.41) is 0. The van der Waals surface area contributed by atoms with Crippen molar-refractivity contribution < 1.29 is 0 Å². The van der Waals surface area contributed by atoms with Crippen LogP contribution in [0.4, 0.5) is 45.5 Å². The van der Waals surface area contributed by atoms with Crippen LogP contribution in [0.5, 0.6) is 0 Å². The number of anilines is 8. The number of para-hydroxylation sites is 2. The molecule has 8 aromatic rings. The Kier molecular flexibility index (Phi) is 11.0. The molecule has 0 atom stereocenters. The first-order chi connectivity index (χ1) is 32.6. The van der Waals surface area contributed by atoms with Crippen molar-refractivity contribution >= 4 is 63.7 Å². The molecule has 0 saturated carbocycles. The van der Waals surface area contributed by atoms with Crippen molar-refractivity contribution in [3.8, 4) is 11.1 Å². The van der Waals surface area contributed by atoms with Crippen LogP contribution >= 0.6 is 0 Å². The van der Waals surface area contributed by atoms with E-state index in [2.05, 4.69) is 288 Å². The lowest BCUT2D eigenvalue weighted by molar-refractivity contribution is 0.603. The fraction of sp³-hybridized carbons (Fsp3) is 0.0476. The summed E-state index contributed by atoms with van der Waals surface area (Å²) in [4.78, 5) is 7.09. The summed E-state index contributed by atoms with van der Waals surface area (Å²) >= 11 is 0. The van der Waals surface area contributed by atoms with E-state index in [0.29, 0.717) is 0 Å². The lowest BCUT2D eigenvalue weighted by Crippen LogP contribution is -2.31. The van der Waals surface area contributed by atoms with Crippen molar-refractivity contribution in [3.63, 3.8) is 0 Å². The van der Waals surface area contributed by atoms with E-state index < -0.39 is 0 Å². The number of benzene rings is 8. The lowest BCUT2D eigenvalue weighted by Gasteiger charge is -2.36. The molecule has 0 saturated heterocycles. The Hall–Kier alpha value is -8.40. The van der Waals surface area contributed by atoms with Gasteiger partial charge in [0.1, 0.15) is 0 Å². The van der Waals surface area contributed by atoms with Crippen molar-refractivity contribution in [2.24, 2.45) is 5.41 Å². The highest BCUT2D eigenvalue weighted by Gasteiger charge is 2.29. The van der Waals surface area contributed by atoms with Gasteiger partial charge in [-0.05, 0) is 137 Å². The van der Waals surface area contributed by atoms with Gasteiger partial charge in [0.2, 0.25) is 0 Å². The van der Waals surface area contributed by atoms with Crippen molar-refractivity contribution in [1.82, 2.24) is 0 Å². The largest absolute Gasteiger partial charge is 0.331 e. The molecule has 3 heteroatoms. The molecular weight excluding hydrogens is 799 g/mol. The lowest BCUT2D eigenvalue weighted by atomic mass is 9.75. The topological polar surface area (TPSA) is 9.72 Å². The molecule has 3 nitrogen and oxygen atoms in total. The highest BCUT2D eigenvalue weighted by atomic mass is 15.2. The van der Waals surface area contributed by atoms with Gasteiger partial charge in [-0.15, -0.1) is 0 Å². The second kappa shape index (κ2) is 18.0. The normalized spacial score (nSPS) is 17.3. The highest BCUT2D eigenvalue weighted by molar-refractivity contribution is 5.83. The molecule has 0 aromatic heterocycles. The fourth-order valence-electron chi connectivity index (χ4n) is 9.36. The summed E-state index contributed by atoms with van der Waals surface area (Å²) in [5.74, 6) is 0. The summed E-state index contributed by atoms with van der Waals surface area (Å²) in [5.41, 5.74) is 15.9. The first kappa shape index (κ1) is 40.4. The maximum atomic E-state index is 2.43. The highest BCUT2D eigenvalue weighted by Crippen LogP contribution is 2.43. The Balaban J connectivity index is 0.903. The summed E-state index contributed by atoms with van der Waals surface area (Å²) in [6.45, 7) is 0. The first-order valence-electron chi connectivity index (χ1n) is 22.8. The van der Waals surface area contributed by atoms with Gasteiger partial charge in [-0.2, -0.15) is 0 Å². The van der Waals surface area contributed by atoms with Gasteiger partial charge in [0, 0.05) is 50.9 Å². The summed E-state index contributed by atoms with van der Waals surface area (Å²) in [7, 11) is 0. The smallest absolute Gasteiger partial charge is 0.0707 e. The SMILES string of the molecule is C1=CC23C=CC(C=C2)N(c2ccccc2)c2ccc(cc2)N(c2ccc(-c4ccc(N(c5ccccc5)c5ccc(C=Cc6ccccc6)cc5)cc4)cc2)c2ccc(cc2)C=CC(=C1)C3. The number of allylic oxidation sites excluding steroid dienone is 7. The van der Waals surface area contributed by atoms with E-state index >= 15 is 0 Å². The van der Waals surface area contributed by atoms with E-state index in [1.54, 1.807) is 0 Å². The van der Waals surface area contributed by atoms with Crippen molar-refractivity contribution in [1.29, 1.82) is 0 Å². The molecule has 0 radical (unpaired) electrons. The molecule has 2 aliphatic carbocycles. The minimum atomic E-state index is -0.121. The quantitative estimate of drug-likeness (QED) is 0.111. The molecule has 0 amide bonds. The predicted octanol–water partition coefficient (Wildman–Crippen LogP) is 17.0. The molecule has 7 aliphatic rings. The zero-order valence-corrected chi connectivity index (χ0v) is 36.7. The maximum Gasteiger partial charge on any atom is 0.0707 e. The number of nitrogens with zero attached hydrogens (tertiary/aromatic N) is 3. The molecule has 0 unspecified atom stereocenters. The third-order valence-electron chi connectivity index (χ3n) is 12.8. The van der Waals surface area contributed by atoms with Crippen molar-refractivity contribution in [2.75, 3.05) is 14.7 Å². The van der Waals surface area contributed by atoms with E-state index in [-0.39, 0.29) is 11.5 Å². The minimum absolute atomic E-state index is 0.0755. The second-order valence-corrected chi connectivity index (χ2v) is 17.2. The van der Waals surface area contributed by atoms with Gasteiger partial charge < -0.3 is 14.7 Å². The maximum absolute atomic E-state index is 2.43. The minimum Gasteiger partial charge on any atom is -0.331 e. The zero-order valence-electron chi connectivity index (χ0n) is 36.7. The second-order valence-electron chi connectivity index (χ2n) is 17.2. The Morgan fingerprint density at radius 2 is 0.894 bits per heavy atom. The summed E-state index contributed by atoms with van der Waals surface area (Å²) < 4.78 is 0. The standard InChI is InChI=1S/C63H49N3/c1-4-11-48(12-5-1)18-19-49-22-30-56(31-23-49)64(54-14-6-2-7-15-54)58-34-26-52(27-35-58)53-28-36-59(37-29-53)66-57-32-24-50(25-33-57)20-21-51-13-10-44-63(47-51)45-42-62(43-46-63)65(55-16-8-3-9-17-55)60-38-40-61(66)41-39-60/h1-46,62H,47H2. The van der Waals surface area contributed by atoms with E-state index in [9.17, 15) is 0 Å². The van der Waals surface area contributed by atoms with Crippen LogP contribution in [-0.4, -0.2) is 6.04 Å². The van der Waals surface area contributed by atoms with Gasteiger partial charge in [0.15, 0.2) is 0 Å². The Labute approximate surface area is 388 Å². The van der Waals surface area contributed by atoms with Crippen LogP contribution in [-0.2, 0) is 0 Å². The average Bonchev–Trinajstić information content (AvgIpc) is 3.38. The Bertz CT molecular complexity index is 3090. The molecule has 5 heterocycles. The summed E-state index contributed by atoms with van der Waals surface area (Å²) in [6, 6.07) is 76.4. The number of fused-ring (bicyclic) bond motifs is 1.